The first-order chi connectivity index (χ1) is 9.41. The van der Waals surface area contributed by atoms with Crippen molar-refractivity contribution in [2.24, 2.45) is 11.7 Å². The van der Waals surface area contributed by atoms with Crippen LogP contribution >= 0.6 is 0 Å². The topological polar surface area (TPSA) is 75.4 Å². The Balaban J connectivity index is 1.98. The summed E-state index contributed by atoms with van der Waals surface area (Å²) < 4.78 is 25.1. The molecule has 1 aliphatic carbocycles. The van der Waals surface area contributed by atoms with Crippen LogP contribution in [0.3, 0.4) is 0 Å². The van der Waals surface area contributed by atoms with E-state index in [-0.39, 0.29) is 6.04 Å². The lowest BCUT2D eigenvalue weighted by molar-refractivity contribution is 0.505. The van der Waals surface area contributed by atoms with Crippen molar-refractivity contribution in [1.29, 1.82) is 0 Å². The van der Waals surface area contributed by atoms with Crippen molar-refractivity contribution in [2.45, 2.75) is 30.2 Å². The van der Waals surface area contributed by atoms with E-state index in [1.165, 1.54) is 31.2 Å². The van der Waals surface area contributed by atoms with E-state index in [1.54, 1.807) is 24.3 Å². The second-order valence-corrected chi connectivity index (χ2v) is 7.70. The summed E-state index contributed by atoms with van der Waals surface area (Å²) in [6, 6.07) is 7.16. The van der Waals surface area contributed by atoms with Gasteiger partial charge in [-0.3, -0.25) is 0 Å². The first-order valence-electron chi connectivity index (χ1n) is 6.93. The molecule has 2 rings (SSSR count). The van der Waals surface area contributed by atoms with Crippen molar-refractivity contribution in [1.82, 2.24) is 4.31 Å². The highest BCUT2D eigenvalue weighted by Crippen LogP contribution is 2.24. The van der Waals surface area contributed by atoms with Gasteiger partial charge in [-0.25, -0.2) is 12.7 Å². The molecule has 1 aromatic rings. The number of hydrogen-bond donors (Lipinski definition) is 2. The molecule has 0 spiro atoms. The third-order valence-corrected chi connectivity index (χ3v) is 5.75. The number of nitrogens with two attached hydrogens (primary N) is 1. The molecular weight excluding hydrogens is 274 g/mol. The molecule has 6 heteroatoms. The maximum absolute atomic E-state index is 11.9. The summed E-state index contributed by atoms with van der Waals surface area (Å²) in [5.74, 6) is 0.514. The van der Waals surface area contributed by atoms with Crippen LogP contribution in [0.5, 0.6) is 0 Å². The SMILES string of the molecule is CN(C)S(=O)(=O)c1ccc(NCC2CCCC2N)cc1. The Hall–Kier alpha value is -1.11. The first kappa shape index (κ1) is 15.3. The second kappa shape index (κ2) is 6.11. The summed E-state index contributed by atoms with van der Waals surface area (Å²) in [6.45, 7) is 0.848. The number of hydrogen-bond acceptors (Lipinski definition) is 4. The molecule has 5 nitrogen and oxygen atoms in total. The van der Waals surface area contributed by atoms with Gasteiger partial charge in [0.05, 0.1) is 4.90 Å². The molecule has 2 unspecified atom stereocenters. The lowest BCUT2D eigenvalue weighted by Crippen LogP contribution is -2.29. The van der Waals surface area contributed by atoms with Gasteiger partial charge in [0.15, 0.2) is 0 Å². The van der Waals surface area contributed by atoms with Crippen LogP contribution in [-0.2, 0) is 10.0 Å². The predicted octanol–water partition coefficient (Wildman–Crippen LogP) is 1.48. The Morgan fingerprint density at radius 2 is 1.90 bits per heavy atom. The highest BCUT2D eigenvalue weighted by Gasteiger charge is 2.23. The van der Waals surface area contributed by atoms with E-state index in [9.17, 15) is 8.42 Å². The Kier molecular flexibility index (Phi) is 4.67. The average molecular weight is 297 g/mol. The predicted molar refractivity (Wildman–Crippen MR) is 81.1 cm³/mol. The summed E-state index contributed by atoms with van der Waals surface area (Å²) in [7, 11) is -0.286. The van der Waals surface area contributed by atoms with Gasteiger partial charge in [-0.05, 0) is 43.0 Å². The van der Waals surface area contributed by atoms with Crippen LogP contribution < -0.4 is 11.1 Å². The van der Waals surface area contributed by atoms with E-state index in [0.717, 1.165) is 18.7 Å². The number of nitrogens with zero attached hydrogens (tertiary/aromatic N) is 1. The molecule has 0 bridgehead atoms. The molecule has 1 aliphatic rings. The van der Waals surface area contributed by atoms with E-state index in [2.05, 4.69) is 5.32 Å². The van der Waals surface area contributed by atoms with Gasteiger partial charge in [0.25, 0.3) is 0 Å². The molecule has 3 N–H and O–H groups in total. The van der Waals surface area contributed by atoms with Crippen molar-refractivity contribution < 1.29 is 8.42 Å². The molecule has 0 heterocycles. The van der Waals surface area contributed by atoms with Gasteiger partial charge in [0.2, 0.25) is 10.0 Å². The van der Waals surface area contributed by atoms with E-state index < -0.39 is 10.0 Å². The van der Waals surface area contributed by atoms with E-state index >= 15 is 0 Å². The Bertz CT molecular complexity index is 540. The molecular formula is C14H23N3O2S. The van der Waals surface area contributed by atoms with Gasteiger partial charge in [-0.1, -0.05) is 6.42 Å². The number of nitrogens with one attached hydrogen (secondary N) is 1. The molecule has 112 valence electrons. The maximum Gasteiger partial charge on any atom is 0.242 e. The minimum Gasteiger partial charge on any atom is -0.385 e. The Labute approximate surface area is 121 Å². The maximum atomic E-state index is 11.9. The minimum absolute atomic E-state index is 0.288. The molecule has 1 saturated carbocycles. The lowest BCUT2D eigenvalue weighted by atomic mass is 10.0. The van der Waals surface area contributed by atoms with E-state index in [0.29, 0.717) is 10.8 Å². The number of benzene rings is 1. The van der Waals surface area contributed by atoms with Crippen molar-refractivity contribution in [2.75, 3.05) is 26.0 Å². The molecule has 0 saturated heterocycles. The Morgan fingerprint density at radius 1 is 1.25 bits per heavy atom. The van der Waals surface area contributed by atoms with Gasteiger partial charge in [-0.2, -0.15) is 0 Å². The normalized spacial score (nSPS) is 23.2. The molecule has 0 aliphatic heterocycles. The highest BCUT2D eigenvalue weighted by molar-refractivity contribution is 7.89. The third-order valence-electron chi connectivity index (χ3n) is 3.92. The van der Waals surface area contributed by atoms with Crippen molar-refractivity contribution >= 4 is 15.7 Å². The number of anilines is 1. The Morgan fingerprint density at radius 3 is 2.40 bits per heavy atom. The van der Waals surface area contributed by atoms with Gasteiger partial charge in [0.1, 0.15) is 0 Å². The fourth-order valence-corrected chi connectivity index (χ4v) is 3.43. The highest BCUT2D eigenvalue weighted by atomic mass is 32.2. The zero-order chi connectivity index (χ0) is 14.8. The molecule has 0 amide bonds. The fraction of sp³-hybridized carbons (Fsp3) is 0.571. The summed E-state index contributed by atoms with van der Waals surface area (Å²) in [4.78, 5) is 0.311. The largest absolute Gasteiger partial charge is 0.385 e. The van der Waals surface area contributed by atoms with Crippen LogP contribution in [0.2, 0.25) is 0 Å². The van der Waals surface area contributed by atoms with Crippen molar-refractivity contribution in [3.05, 3.63) is 24.3 Å². The molecule has 20 heavy (non-hydrogen) atoms. The monoisotopic (exact) mass is 297 g/mol. The van der Waals surface area contributed by atoms with Crippen LogP contribution in [0.15, 0.2) is 29.2 Å². The summed E-state index contributed by atoms with van der Waals surface area (Å²) in [6.07, 6.45) is 3.47. The van der Waals surface area contributed by atoms with E-state index in [4.69, 9.17) is 5.73 Å². The van der Waals surface area contributed by atoms with Crippen LogP contribution in [0, 0.1) is 5.92 Å². The average Bonchev–Trinajstić information content (AvgIpc) is 2.82. The number of rotatable bonds is 5. The molecule has 1 fully saturated rings. The van der Waals surface area contributed by atoms with Crippen LogP contribution in [0.1, 0.15) is 19.3 Å². The van der Waals surface area contributed by atoms with E-state index in [1.807, 2.05) is 0 Å². The van der Waals surface area contributed by atoms with Gasteiger partial charge >= 0.3 is 0 Å². The smallest absolute Gasteiger partial charge is 0.242 e. The number of sulfonamides is 1. The first-order valence-corrected chi connectivity index (χ1v) is 8.37. The summed E-state index contributed by atoms with van der Waals surface area (Å²) in [5.41, 5.74) is 6.97. The quantitative estimate of drug-likeness (QED) is 0.863. The summed E-state index contributed by atoms with van der Waals surface area (Å²) >= 11 is 0. The second-order valence-electron chi connectivity index (χ2n) is 5.55. The fourth-order valence-electron chi connectivity index (χ4n) is 2.52. The van der Waals surface area contributed by atoms with Gasteiger partial charge < -0.3 is 11.1 Å². The van der Waals surface area contributed by atoms with Crippen LogP contribution in [-0.4, -0.2) is 39.4 Å². The van der Waals surface area contributed by atoms with Gasteiger partial charge in [-0.15, -0.1) is 0 Å². The van der Waals surface area contributed by atoms with Crippen molar-refractivity contribution in [3.8, 4) is 0 Å². The zero-order valence-electron chi connectivity index (χ0n) is 12.0. The lowest BCUT2D eigenvalue weighted by Gasteiger charge is -2.17. The van der Waals surface area contributed by atoms with Crippen molar-refractivity contribution in [3.63, 3.8) is 0 Å². The van der Waals surface area contributed by atoms with Gasteiger partial charge in [0, 0.05) is 32.4 Å². The molecule has 0 radical (unpaired) electrons. The van der Waals surface area contributed by atoms with Crippen LogP contribution in [0.4, 0.5) is 5.69 Å². The zero-order valence-corrected chi connectivity index (χ0v) is 12.9. The molecule has 1 aromatic carbocycles. The summed E-state index contributed by atoms with van der Waals surface area (Å²) in [5, 5.41) is 3.34. The van der Waals surface area contributed by atoms with Crippen LogP contribution in [0.25, 0.3) is 0 Å². The minimum atomic E-state index is -3.35. The standard InChI is InChI=1S/C14H23N3O2S/c1-17(2)20(18,19)13-8-6-12(7-9-13)16-10-11-4-3-5-14(11)15/h6-9,11,14,16H,3-5,10,15H2,1-2H3. The third kappa shape index (κ3) is 3.31. The molecule has 2 atom stereocenters. The molecule has 0 aromatic heterocycles.